The Morgan fingerprint density at radius 2 is 2.12 bits per heavy atom. The van der Waals surface area contributed by atoms with E-state index < -0.39 is 0 Å². The quantitative estimate of drug-likeness (QED) is 0.761. The summed E-state index contributed by atoms with van der Waals surface area (Å²) < 4.78 is 10.7. The molecule has 24 heavy (non-hydrogen) atoms. The molecule has 1 amide bonds. The zero-order valence-corrected chi connectivity index (χ0v) is 14.5. The van der Waals surface area contributed by atoms with Gasteiger partial charge in [-0.15, -0.1) is 0 Å². The Labute approximate surface area is 143 Å². The number of methoxy groups -OCH3 is 1. The standard InChI is InChI=1S/C18H25N3O3/c1-15-4-5-16(14-17(15)23-2)18(22)21(7-3-6-19)9-8-20-10-12-24-13-11-20/h4-5,14H,3,7-13H2,1-2H3. The molecule has 0 bridgehead atoms. The van der Waals surface area contributed by atoms with Crippen LogP contribution in [0.25, 0.3) is 0 Å². The number of hydrogen-bond acceptors (Lipinski definition) is 5. The van der Waals surface area contributed by atoms with E-state index in [1.54, 1.807) is 18.1 Å². The van der Waals surface area contributed by atoms with Gasteiger partial charge in [0.25, 0.3) is 5.91 Å². The van der Waals surface area contributed by atoms with Crippen molar-refractivity contribution in [2.75, 3.05) is 53.0 Å². The van der Waals surface area contributed by atoms with Crippen LogP contribution in [0.2, 0.25) is 0 Å². The lowest BCUT2D eigenvalue weighted by atomic mass is 10.1. The van der Waals surface area contributed by atoms with Crippen LogP contribution in [0.15, 0.2) is 18.2 Å². The van der Waals surface area contributed by atoms with Gasteiger partial charge in [-0.05, 0) is 24.6 Å². The van der Waals surface area contributed by atoms with E-state index in [1.807, 2.05) is 19.1 Å². The van der Waals surface area contributed by atoms with Crippen LogP contribution in [0.4, 0.5) is 0 Å². The summed E-state index contributed by atoms with van der Waals surface area (Å²) in [6.45, 7) is 7.04. The van der Waals surface area contributed by atoms with Crippen molar-refractivity contribution in [1.29, 1.82) is 5.26 Å². The van der Waals surface area contributed by atoms with Gasteiger partial charge in [0.2, 0.25) is 0 Å². The Kier molecular flexibility index (Phi) is 7.04. The molecule has 0 aromatic heterocycles. The SMILES string of the molecule is COc1cc(C(=O)N(CCC#N)CCN2CCOCC2)ccc1C. The zero-order chi connectivity index (χ0) is 17.4. The number of amides is 1. The van der Waals surface area contributed by atoms with Crippen molar-refractivity contribution in [1.82, 2.24) is 9.80 Å². The highest BCUT2D eigenvalue weighted by molar-refractivity contribution is 5.94. The fourth-order valence-corrected chi connectivity index (χ4v) is 2.72. The molecule has 6 nitrogen and oxygen atoms in total. The smallest absolute Gasteiger partial charge is 0.254 e. The highest BCUT2D eigenvalue weighted by Crippen LogP contribution is 2.20. The van der Waals surface area contributed by atoms with Gasteiger partial charge in [0.1, 0.15) is 5.75 Å². The molecule has 1 aromatic carbocycles. The molecule has 0 spiro atoms. The predicted molar refractivity (Wildman–Crippen MR) is 91.1 cm³/mol. The van der Waals surface area contributed by atoms with Crippen molar-refractivity contribution in [3.05, 3.63) is 29.3 Å². The summed E-state index contributed by atoms with van der Waals surface area (Å²) in [5.41, 5.74) is 1.59. The third-order valence-corrected chi connectivity index (χ3v) is 4.23. The summed E-state index contributed by atoms with van der Waals surface area (Å²) in [5.74, 6) is 0.645. The Balaban J connectivity index is 2.05. The number of nitrogens with zero attached hydrogens (tertiary/aromatic N) is 3. The van der Waals surface area contributed by atoms with Crippen molar-refractivity contribution >= 4 is 5.91 Å². The number of carbonyl (C=O) groups is 1. The van der Waals surface area contributed by atoms with Crippen LogP contribution in [0, 0.1) is 18.3 Å². The molecule has 0 unspecified atom stereocenters. The first-order valence-corrected chi connectivity index (χ1v) is 8.26. The maximum Gasteiger partial charge on any atom is 0.254 e. The van der Waals surface area contributed by atoms with E-state index in [4.69, 9.17) is 14.7 Å². The van der Waals surface area contributed by atoms with E-state index in [1.165, 1.54) is 0 Å². The summed E-state index contributed by atoms with van der Waals surface area (Å²) in [7, 11) is 1.60. The normalized spacial score (nSPS) is 14.9. The van der Waals surface area contributed by atoms with Gasteiger partial charge in [-0.2, -0.15) is 5.26 Å². The largest absolute Gasteiger partial charge is 0.496 e. The van der Waals surface area contributed by atoms with Crippen LogP contribution in [-0.4, -0.2) is 68.8 Å². The van der Waals surface area contributed by atoms with Gasteiger partial charge in [-0.1, -0.05) is 6.07 Å². The monoisotopic (exact) mass is 331 g/mol. The molecule has 1 heterocycles. The van der Waals surface area contributed by atoms with Crippen molar-refractivity contribution in [2.45, 2.75) is 13.3 Å². The van der Waals surface area contributed by atoms with E-state index in [2.05, 4.69) is 11.0 Å². The fraction of sp³-hybridized carbons (Fsp3) is 0.556. The molecule has 1 fully saturated rings. The number of ether oxygens (including phenoxy) is 2. The second-order valence-corrected chi connectivity index (χ2v) is 5.84. The lowest BCUT2D eigenvalue weighted by molar-refractivity contribution is 0.0326. The maximum atomic E-state index is 12.8. The lowest BCUT2D eigenvalue weighted by Crippen LogP contribution is -2.43. The fourth-order valence-electron chi connectivity index (χ4n) is 2.72. The van der Waals surface area contributed by atoms with Gasteiger partial charge in [-0.3, -0.25) is 9.69 Å². The highest BCUT2D eigenvalue weighted by Gasteiger charge is 2.19. The maximum absolute atomic E-state index is 12.8. The molecule has 0 atom stereocenters. The lowest BCUT2D eigenvalue weighted by Gasteiger charge is -2.30. The number of carbonyl (C=O) groups excluding carboxylic acids is 1. The summed E-state index contributed by atoms with van der Waals surface area (Å²) in [4.78, 5) is 16.9. The van der Waals surface area contributed by atoms with Crippen LogP contribution in [-0.2, 0) is 4.74 Å². The molecular formula is C18H25N3O3. The van der Waals surface area contributed by atoms with Crippen LogP contribution in [0.5, 0.6) is 5.75 Å². The molecule has 2 rings (SSSR count). The molecule has 6 heteroatoms. The molecule has 0 radical (unpaired) electrons. The van der Waals surface area contributed by atoms with Crippen LogP contribution in [0.3, 0.4) is 0 Å². The molecule has 1 aliphatic heterocycles. The number of morpholine rings is 1. The zero-order valence-electron chi connectivity index (χ0n) is 14.5. The van der Waals surface area contributed by atoms with E-state index in [0.717, 1.165) is 38.4 Å². The van der Waals surface area contributed by atoms with E-state index >= 15 is 0 Å². The summed E-state index contributed by atoms with van der Waals surface area (Å²) in [5, 5.41) is 8.87. The average molecular weight is 331 g/mol. The third kappa shape index (κ3) is 4.95. The van der Waals surface area contributed by atoms with Gasteiger partial charge >= 0.3 is 0 Å². The van der Waals surface area contributed by atoms with Crippen LogP contribution in [0.1, 0.15) is 22.3 Å². The van der Waals surface area contributed by atoms with Crippen molar-refractivity contribution < 1.29 is 14.3 Å². The average Bonchev–Trinajstić information content (AvgIpc) is 2.62. The van der Waals surface area contributed by atoms with Crippen LogP contribution < -0.4 is 4.74 Å². The Bertz CT molecular complexity index is 592. The second-order valence-electron chi connectivity index (χ2n) is 5.84. The van der Waals surface area contributed by atoms with E-state index in [9.17, 15) is 4.79 Å². The van der Waals surface area contributed by atoms with E-state index in [-0.39, 0.29) is 5.91 Å². The molecule has 0 aliphatic carbocycles. The Morgan fingerprint density at radius 3 is 2.79 bits per heavy atom. The summed E-state index contributed by atoms with van der Waals surface area (Å²) >= 11 is 0. The second kappa shape index (κ2) is 9.26. The topological polar surface area (TPSA) is 65.8 Å². The number of aryl methyl sites for hydroxylation is 1. The van der Waals surface area contributed by atoms with Gasteiger partial charge in [0.15, 0.2) is 0 Å². The summed E-state index contributed by atoms with van der Waals surface area (Å²) in [6.07, 6.45) is 0.331. The number of nitriles is 1. The predicted octanol–water partition coefficient (Wildman–Crippen LogP) is 1.69. The van der Waals surface area contributed by atoms with Crippen molar-refractivity contribution in [3.63, 3.8) is 0 Å². The van der Waals surface area contributed by atoms with Gasteiger partial charge in [0, 0.05) is 38.3 Å². The molecule has 130 valence electrons. The number of rotatable bonds is 7. The van der Waals surface area contributed by atoms with Crippen LogP contribution >= 0.6 is 0 Å². The van der Waals surface area contributed by atoms with Gasteiger partial charge < -0.3 is 14.4 Å². The Hall–Kier alpha value is -2.10. The molecule has 1 aromatic rings. The molecule has 0 saturated carbocycles. The van der Waals surface area contributed by atoms with Gasteiger partial charge in [0.05, 0.1) is 32.8 Å². The minimum absolute atomic E-state index is 0.0585. The number of hydrogen-bond donors (Lipinski definition) is 0. The molecular weight excluding hydrogens is 306 g/mol. The van der Waals surface area contributed by atoms with Crippen molar-refractivity contribution in [2.24, 2.45) is 0 Å². The highest BCUT2D eigenvalue weighted by atomic mass is 16.5. The van der Waals surface area contributed by atoms with Crippen molar-refractivity contribution in [3.8, 4) is 11.8 Å². The molecule has 1 saturated heterocycles. The first kappa shape index (κ1) is 18.2. The first-order valence-electron chi connectivity index (χ1n) is 8.26. The minimum atomic E-state index is -0.0585. The van der Waals surface area contributed by atoms with E-state index in [0.29, 0.717) is 30.8 Å². The molecule has 1 aliphatic rings. The first-order chi connectivity index (χ1) is 11.7. The van der Waals surface area contributed by atoms with Gasteiger partial charge in [-0.25, -0.2) is 0 Å². The minimum Gasteiger partial charge on any atom is -0.496 e. The number of benzene rings is 1. The summed E-state index contributed by atoms with van der Waals surface area (Å²) in [6, 6.07) is 7.59. The Morgan fingerprint density at radius 1 is 1.38 bits per heavy atom. The third-order valence-electron chi connectivity index (χ3n) is 4.23. The molecule has 0 N–H and O–H groups in total.